The van der Waals surface area contributed by atoms with E-state index in [0.717, 1.165) is 11.1 Å². The Bertz CT molecular complexity index is 268. The molecule has 1 aromatic rings. The van der Waals surface area contributed by atoms with E-state index < -0.39 is 0 Å². The molecule has 1 aromatic carbocycles. The number of rotatable bonds is 3. The molecule has 0 heterocycles. The number of nitrogens with two attached hydrogens (primary N) is 2. The second-order valence-electron chi connectivity index (χ2n) is 2.72. The van der Waals surface area contributed by atoms with Gasteiger partial charge in [0.15, 0.2) is 0 Å². The predicted molar refractivity (Wildman–Crippen MR) is 52.5 cm³/mol. The van der Waals surface area contributed by atoms with Gasteiger partial charge in [0.25, 0.3) is 0 Å². The summed E-state index contributed by atoms with van der Waals surface area (Å²) in [5, 5.41) is 0. The molecular formula is C10H14N2. The summed E-state index contributed by atoms with van der Waals surface area (Å²) >= 11 is 0. The number of hydrogen-bond donors (Lipinski definition) is 2. The Hall–Kier alpha value is -1.12. The maximum absolute atomic E-state index is 5.76. The molecular weight excluding hydrogens is 148 g/mol. The molecule has 0 spiro atoms. The first-order valence-corrected chi connectivity index (χ1v) is 3.96. The minimum absolute atomic E-state index is 0.0649. The van der Waals surface area contributed by atoms with E-state index in [2.05, 4.69) is 6.58 Å². The van der Waals surface area contributed by atoms with Crippen molar-refractivity contribution in [3.63, 3.8) is 0 Å². The molecule has 64 valence electrons. The molecule has 0 aliphatic rings. The van der Waals surface area contributed by atoms with Crippen molar-refractivity contribution in [1.82, 2.24) is 0 Å². The van der Waals surface area contributed by atoms with Gasteiger partial charge in [-0.25, -0.2) is 0 Å². The molecule has 0 aliphatic heterocycles. The molecule has 0 fully saturated rings. The molecule has 0 unspecified atom stereocenters. The van der Waals surface area contributed by atoms with Crippen molar-refractivity contribution < 1.29 is 0 Å². The highest BCUT2D eigenvalue weighted by Gasteiger charge is 2.01. The summed E-state index contributed by atoms with van der Waals surface area (Å²) in [6.07, 6.45) is 1.80. The van der Waals surface area contributed by atoms with Gasteiger partial charge in [0.05, 0.1) is 0 Å². The normalized spacial score (nSPS) is 12.5. The molecule has 0 radical (unpaired) electrons. The summed E-state index contributed by atoms with van der Waals surface area (Å²) < 4.78 is 0. The fourth-order valence-corrected chi connectivity index (χ4v) is 1.05. The lowest BCUT2D eigenvalue weighted by Gasteiger charge is -2.08. The van der Waals surface area contributed by atoms with E-state index in [-0.39, 0.29) is 6.04 Å². The van der Waals surface area contributed by atoms with E-state index in [0.29, 0.717) is 6.54 Å². The van der Waals surface area contributed by atoms with E-state index >= 15 is 0 Å². The molecule has 1 rings (SSSR count). The van der Waals surface area contributed by atoms with Crippen molar-refractivity contribution in [2.45, 2.75) is 6.04 Å². The standard InChI is InChI=1S/C10H14N2/c1-2-8-4-3-5-9(6-8)10(12)7-11/h2-6,10H,1,7,11-12H2/t10-/m0/s1. The van der Waals surface area contributed by atoms with Crippen LogP contribution >= 0.6 is 0 Å². The summed E-state index contributed by atoms with van der Waals surface area (Å²) in [7, 11) is 0. The van der Waals surface area contributed by atoms with E-state index in [1.54, 1.807) is 6.08 Å². The van der Waals surface area contributed by atoms with Crippen molar-refractivity contribution in [1.29, 1.82) is 0 Å². The van der Waals surface area contributed by atoms with Crippen LogP contribution in [-0.2, 0) is 0 Å². The molecule has 0 saturated carbocycles. The van der Waals surface area contributed by atoms with Crippen LogP contribution in [0, 0.1) is 0 Å². The minimum Gasteiger partial charge on any atom is -0.329 e. The Morgan fingerprint density at radius 3 is 2.83 bits per heavy atom. The van der Waals surface area contributed by atoms with Crippen molar-refractivity contribution >= 4 is 6.08 Å². The number of hydrogen-bond acceptors (Lipinski definition) is 2. The highest BCUT2D eigenvalue weighted by molar-refractivity contribution is 5.48. The van der Waals surface area contributed by atoms with Gasteiger partial charge in [-0.15, -0.1) is 0 Å². The van der Waals surface area contributed by atoms with Crippen LogP contribution < -0.4 is 11.5 Å². The molecule has 0 saturated heterocycles. The van der Waals surface area contributed by atoms with Crippen molar-refractivity contribution in [2.75, 3.05) is 6.54 Å². The van der Waals surface area contributed by atoms with Gasteiger partial charge >= 0.3 is 0 Å². The first kappa shape index (κ1) is 8.97. The van der Waals surface area contributed by atoms with E-state index in [4.69, 9.17) is 11.5 Å². The van der Waals surface area contributed by atoms with Gasteiger partial charge < -0.3 is 11.5 Å². The highest BCUT2D eigenvalue weighted by atomic mass is 14.7. The third-order valence-electron chi connectivity index (χ3n) is 1.83. The first-order chi connectivity index (χ1) is 5.77. The van der Waals surface area contributed by atoms with E-state index in [1.165, 1.54) is 0 Å². The molecule has 0 bridgehead atoms. The average molecular weight is 162 g/mol. The second kappa shape index (κ2) is 4.04. The van der Waals surface area contributed by atoms with Crippen LogP contribution in [0.25, 0.3) is 6.08 Å². The van der Waals surface area contributed by atoms with Crippen LogP contribution in [0.5, 0.6) is 0 Å². The summed E-state index contributed by atoms with van der Waals surface area (Å²) in [6.45, 7) is 4.16. The summed E-state index contributed by atoms with van der Waals surface area (Å²) in [4.78, 5) is 0. The Balaban J connectivity index is 2.93. The largest absolute Gasteiger partial charge is 0.329 e. The van der Waals surface area contributed by atoms with Crippen LogP contribution in [0.3, 0.4) is 0 Å². The van der Waals surface area contributed by atoms with E-state index in [9.17, 15) is 0 Å². The lowest BCUT2D eigenvalue weighted by atomic mass is 10.0. The average Bonchev–Trinajstić information content (AvgIpc) is 2.17. The topological polar surface area (TPSA) is 52.0 Å². The maximum atomic E-state index is 5.76. The predicted octanol–water partition coefficient (Wildman–Crippen LogP) is 1.29. The third kappa shape index (κ3) is 1.94. The van der Waals surface area contributed by atoms with Crippen LogP contribution in [0.2, 0.25) is 0 Å². The molecule has 12 heavy (non-hydrogen) atoms. The van der Waals surface area contributed by atoms with Crippen LogP contribution in [0.15, 0.2) is 30.8 Å². The van der Waals surface area contributed by atoms with Crippen molar-refractivity contribution in [2.24, 2.45) is 11.5 Å². The Morgan fingerprint density at radius 1 is 1.50 bits per heavy atom. The van der Waals surface area contributed by atoms with Gasteiger partial charge in [-0.2, -0.15) is 0 Å². The molecule has 0 aromatic heterocycles. The van der Waals surface area contributed by atoms with Crippen LogP contribution in [-0.4, -0.2) is 6.54 Å². The smallest absolute Gasteiger partial charge is 0.0419 e. The van der Waals surface area contributed by atoms with Crippen molar-refractivity contribution in [3.05, 3.63) is 42.0 Å². The summed E-state index contributed by atoms with van der Waals surface area (Å²) in [5.74, 6) is 0. The Labute approximate surface area is 72.9 Å². The molecule has 0 amide bonds. The second-order valence-corrected chi connectivity index (χ2v) is 2.72. The molecule has 2 heteroatoms. The van der Waals surface area contributed by atoms with Gasteiger partial charge in [-0.05, 0) is 11.1 Å². The number of benzene rings is 1. The van der Waals surface area contributed by atoms with Gasteiger partial charge in [0, 0.05) is 12.6 Å². The van der Waals surface area contributed by atoms with Crippen LogP contribution in [0.4, 0.5) is 0 Å². The van der Waals surface area contributed by atoms with Crippen molar-refractivity contribution in [3.8, 4) is 0 Å². The van der Waals surface area contributed by atoms with Gasteiger partial charge in [-0.3, -0.25) is 0 Å². The molecule has 0 aliphatic carbocycles. The lowest BCUT2D eigenvalue weighted by molar-refractivity contribution is 0.737. The monoisotopic (exact) mass is 162 g/mol. The zero-order valence-electron chi connectivity index (χ0n) is 7.03. The zero-order valence-corrected chi connectivity index (χ0v) is 7.03. The summed E-state index contributed by atoms with van der Waals surface area (Å²) in [6, 6.07) is 7.86. The highest BCUT2D eigenvalue weighted by Crippen LogP contribution is 2.11. The maximum Gasteiger partial charge on any atom is 0.0419 e. The first-order valence-electron chi connectivity index (χ1n) is 3.96. The third-order valence-corrected chi connectivity index (χ3v) is 1.83. The van der Waals surface area contributed by atoms with Gasteiger partial charge in [-0.1, -0.05) is 36.9 Å². The molecule has 1 atom stereocenters. The Morgan fingerprint density at radius 2 is 2.25 bits per heavy atom. The SMILES string of the molecule is C=Cc1cccc([C@@H](N)CN)c1. The lowest BCUT2D eigenvalue weighted by Crippen LogP contribution is -2.20. The summed E-state index contributed by atoms with van der Waals surface area (Å²) in [5.41, 5.74) is 13.3. The van der Waals surface area contributed by atoms with Crippen LogP contribution in [0.1, 0.15) is 17.2 Å². The minimum atomic E-state index is -0.0649. The Kier molecular flexibility index (Phi) is 3.02. The fraction of sp³-hybridized carbons (Fsp3) is 0.200. The van der Waals surface area contributed by atoms with Gasteiger partial charge in [0.1, 0.15) is 0 Å². The van der Waals surface area contributed by atoms with Gasteiger partial charge in [0.2, 0.25) is 0 Å². The molecule has 4 N–H and O–H groups in total. The van der Waals surface area contributed by atoms with E-state index in [1.807, 2.05) is 24.3 Å². The fourth-order valence-electron chi connectivity index (χ4n) is 1.05. The molecule has 2 nitrogen and oxygen atoms in total. The quantitative estimate of drug-likeness (QED) is 0.703. The zero-order chi connectivity index (χ0) is 8.97.